The van der Waals surface area contributed by atoms with Crippen molar-refractivity contribution in [3.8, 4) is 5.75 Å². The zero-order valence-corrected chi connectivity index (χ0v) is 12.0. The highest BCUT2D eigenvalue weighted by molar-refractivity contribution is 7.10. The van der Waals surface area contributed by atoms with E-state index in [1.165, 1.54) is 16.9 Å². The van der Waals surface area contributed by atoms with Crippen LogP contribution in [0.1, 0.15) is 35.3 Å². The van der Waals surface area contributed by atoms with Gasteiger partial charge >= 0.3 is 0 Å². The topological polar surface area (TPSA) is 29.5 Å². The van der Waals surface area contributed by atoms with Gasteiger partial charge in [-0.25, -0.2) is 0 Å². The lowest BCUT2D eigenvalue weighted by atomic mass is 9.88. The molecule has 1 aliphatic rings. The van der Waals surface area contributed by atoms with Crippen LogP contribution in [0.25, 0.3) is 0 Å². The van der Waals surface area contributed by atoms with Gasteiger partial charge in [0, 0.05) is 0 Å². The number of thiophene rings is 1. The highest BCUT2D eigenvalue weighted by Gasteiger charge is 2.25. The summed E-state index contributed by atoms with van der Waals surface area (Å²) in [6.45, 7) is 0.715. The highest BCUT2D eigenvalue weighted by Crippen LogP contribution is 2.40. The van der Waals surface area contributed by atoms with Gasteiger partial charge < -0.3 is 9.84 Å². The van der Waals surface area contributed by atoms with E-state index in [2.05, 4.69) is 6.07 Å². The van der Waals surface area contributed by atoms with Crippen molar-refractivity contribution in [3.05, 3.63) is 51.2 Å². The number of hydrogen-bond acceptors (Lipinski definition) is 3. The zero-order chi connectivity index (χ0) is 13.2. The van der Waals surface area contributed by atoms with Gasteiger partial charge in [0.2, 0.25) is 0 Å². The molecular formula is C15H15ClO2S. The molecule has 0 spiro atoms. The van der Waals surface area contributed by atoms with Gasteiger partial charge in [-0.2, -0.15) is 0 Å². The summed E-state index contributed by atoms with van der Waals surface area (Å²) in [5.41, 5.74) is 1.19. The molecule has 2 aromatic rings. The molecule has 0 radical (unpaired) electrons. The fourth-order valence-electron chi connectivity index (χ4n) is 2.58. The molecule has 0 saturated carbocycles. The summed E-state index contributed by atoms with van der Waals surface area (Å²) in [7, 11) is 0. The number of aliphatic hydroxyl groups excluding tert-OH is 1. The third kappa shape index (κ3) is 2.64. The Kier molecular flexibility index (Phi) is 3.78. The minimum absolute atomic E-state index is 0.332. The summed E-state index contributed by atoms with van der Waals surface area (Å²) >= 11 is 7.59. The Balaban J connectivity index is 1.80. The Bertz CT molecular complexity index is 567. The average molecular weight is 295 g/mol. The van der Waals surface area contributed by atoms with E-state index in [1.54, 1.807) is 0 Å². The molecule has 0 bridgehead atoms. The fourth-order valence-corrected chi connectivity index (χ4v) is 3.76. The Morgan fingerprint density at radius 2 is 2.21 bits per heavy atom. The smallest absolute Gasteiger partial charge is 0.122 e. The van der Waals surface area contributed by atoms with Crippen LogP contribution in [0, 0.1) is 0 Å². The first kappa shape index (κ1) is 13.0. The van der Waals surface area contributed by atoms with E-state index in [0.29, 0.717) is 24.0 Å². The van der Waals surface area contributed by atoms with Gasteiger partial charge in [-0.15, -0.1) is 11.3 Å². The minimum Gasteiger partial charge on any atom is -0.493 e. The predicted octanol–water partition coefficient (Wildman–Crippen LogP) is 4.39. The second-order valence-electron chi connectivity index (χ2n) is 4.76. The Hall–Kier alpha value is -1.03. The first-order valence-electron chi connectivity index (χ1n) is 6.38. The number of para-hydroxylation sites is 1. The van der Waals surface area contributed by atoms with E-state index >= 15 is 0 Å². The monoisotopic (exact) mass is 294 g/mol. The fraction of sp³-hybridized carbons (Fsp3) is 0.333. The van der Waals surface area contributed by atoms with E-state index in [9.17, 15) is 5.11 Å². The first-order valence-corrected chi connectivity index (χ1v) is 7.64. The van der Waals surface area contributed by atoms with E-state index in [0.717, 1.165) is 17.0 Å². The van der Waals surface area contributed by atoms with Crippen molar-refractivity contribution < 1.29 is 9.84 Å². The lowest BCUT2D eigenvalue weighted by Crippen LogP contribution is -2.16. The largest absolute Gasteiger partial charge is 0.493 e. The molecule has 0 amide bonds. The summed E-state index contributed by atoms with van der Waals surface area (Å²) < 4.78 is 5.64. The van der Waals surface area contributed by atoms with E-state index < -0.39 is 6.10 Å². The Morgan fingerprint density at radius 3 is 3.00 bits per heavy atom. The second-order valence-corrected chi connectivity index (χ2v) is 6.11. The summed E-state index contributed by atoms with van der Waals surface area (Å²) in [5.74, 6) is 1.28. The molecule has 0 saturated heterocycles. The number of hydrogen-bond donors (Lipinski definition) is 1. The summed E-state index contributed by atoms with van der Waals surface area (Å²) in [6, 6.07) is 9.91. The van der Waals surface area contributed by atoms with Gasteiger partial charge in [0.1, 0.15) is 5.75 Å². The quantitative estimate of drug-likeness (QED) is 0.909. The lowest BCUT2D eigenvalue weighted by molar-refractivity contribution is 0.148. The van der Waals surface area contributed by atoms with Crippen molar-refractivity contribution in [2.45, 2.75) is 24.9 Å². The molecule has 1 aromatic carbocycles. The van der Waals surface area contributed by atoms with Gasteiger partial charge in [-0.1, -0.05) is 29.8 Å². The van der Waals surface area contributed by atoms with Crippen molar-refractivity contribution in [2.24, 2.45) is 0 Å². The maximum atomic E-state index is 10.4. The van der Waals surface area contributed by atoms with Crippen LogP contribution >= 0.6 is 22.9 Å². The highest BCUT2D eigenvalue weighted by atomic mass is 35.5. The SMILES string of the molecule is OC(CC1CCOc2ccccc21)c1sccc1Cl. The normalized spacial score (nSPS) is 19.6. The number of ether oxygens (including phenoxy) is 1. The van der Waals surface area contributed by atoms with Crippen molar-refractivity contribution in [1.29, 1.82) is 0 Å². The Labute approximate surface area is 121 Å². The zero-order valence-electron chi connectivity index (χ0n) is 10.4. The maximum Gasteiger partial charge on any atom is 0.122 e. The minimum atomic E-state index is -0.497. The molecule has 2 atom stereocenters. The van der Waals surface area contributed by atoms with Crippen LogP contribution < -0.4 is 4.74 Å². The van der Waals surface area contributed by atoms with Crippen molar-refractivity contribution in [1.82, 2.24) is 0 Å². The molecule has 100 valence electrons. The van der Waals surface area contributed by atoms with Crippen LogP contribution in [0.4, 0.5) is 0 Å². The number of benzene rings is 1. The van der Waals surface area contributed by atoms with Crippen LogP contribution in [0.5, 0.6) is 5.75 Å². The average Bonchev–Trinajstić information content (AvgIpc) is 2.85. The lowest BCUT2D eigenvalue weighted by Gasteiger charge is -2.27. The van der Waals surface area contributed by atoms with Gasteiger partial charge in [-0.05, 0) is 41.8 Å². The number of rotatable bonds is 3. The van der Waals surface area contributed by atoms with Gasteiger partial charge in [0.15, 0.2) is 0 Å². The van der Waals surface area contributed by atoms with Crippen molar-refractivity contribution >= 4 is 22.9 Å². The molecule has 0 fully saturated rings. The van der Waals surface area contributed by atoms with Gasteiger partial charge in [0.05, 0.1) is 22.6 Å². The van der Waals surface area contributed by atoms with Crippen LogP contribution in [-0.2, 0) is 0 Å². The Morgan fingerprint density at radius 1 is 1.37 bits per heavy atom. The summed E-state index contributed by atoms with van der Waals surface area (Å²) in [6.07, 6.45) is 1.14. The van der Waals surface area contributed by atoms with Crippen molar-refractivity contribution in [2.75, 3.05) is 6.61 Å². The molecule has 2 unspecified atom stereocenters. The van der Waals surface area contributed by atoms with Crippen LogP contribution in [-0.4, -0.2) is 11.7 Å². The molecule has 2 heterocycles. The molecule has 2 nitrogen and oxygen atoms in total. The second kappa shape index (κ2) is 5.53. The molecule has 3 rings (SSSR count). The van der Waals surface area contributed by atoms with E-state index in [-0.39, 0.29) is 0 Å². The predicted molar refractivity (Wildman–Crippen MR) is 78.2 cm³/mol. The standard InChI is InChI=1S/C15H15ClO2S/c16-12-6-8-19-15(12)13(17)9-10-5-7-18-14-4-2-1-3-11(10)14/h1-4,6,8,10,13,17H,5,7,9H2. The molecular weight excluding hydrogens is 280 g/mol. The summed E-state index contributed by atoms with van der Waals surface area (Å²) in [4.78, 5) is 0.866. The van der Waals surface area contributed by atoms with Gasteiger partial charge in [0.25, 0.3) is 0 Å². The third-order valence-corrected chi connectivity index (χ3v) is 5.00. The van der Waals surface area contributed by atoms with Crippen LogP contribution in [0.3, 0.4) is 0 Å². The molecule has 4 heteroatoms. The molecule has 1 N–H and O–H groups in total. The number of halogens is 1. The third-order valence-electron chi connectivity index (χ3n) is 3.54. The molecule has 19 heavy (non-hydrogen) atoms. The first-order chi connectivity index (χ1) is 9.25. The number of aliphatic hydroxyl groups is 1. The molecule has 1 aliphatic heterocycles. The van der Waals surface area contributed by atoms with E-state index in [4.69, 9.17) is 16.3 Å². The molecule has 0 aliphatic carbocycles. The van der Waals surface area contributed by atoms with Crippen LogP contribution in [0.15, 0.2) is 35.7 Å². The van der Waals surface area contributed by atoms with Crippen LogP contribution in [0.2, 0.25) is 5.02 Å². The maximum absolute atomic E-state index is 10.4. The summed E-state index contributed by atoms with van der Waals surface area (Å²) in [5, 5.41) is 12.9. The molecule has 1 aromatic heterocycles. The number of fused-ring (bicyclic) bond motifs is 1. The van der Waals surface area contributed by atoms with Gasteiger partial charge in [-0.3, -0.25) is 0 Å². The van der Waals surface area contributed by atoms with Crippen molar-refractivity contribution in [3.63, 3.8) is 0 Å². The van der Waals surface area contributed by atoms with E-state index in [1.807, 2.05) is 29.6 Å².